The molecule has 12 heteroatoms. The lowest BCUT2D eigenvalue weighted by Crippen LogP contribution is -2.50. The first-order valence-corrected chi connectivity index (χ1v) is 17.8. The Balaban J connectivity index is 1.54. The molecule has 0 radical (unpaired) electrons. The lowest BCUT2D eigenvalue weighted by atomic mass is 9.70. The first kappa shape index (κ1) is 34.1. The summed E-state index contributed by atoms with van der Waals surface area (Å²) in [7, 11) is -4.33. The van der Waals surface area contributed by atoms with Crippen molar-refractivity contribution in [2.75, 3.05) is 24.5 Å². The van der Waals surface area contributed by atoms with E-state index < -0.39 is 39.8 Å². The molecule has 0 saturated heterocycles. The quantitative estimate of drug-likeness (QED) is 0.354. The Hall–Kier alpha value is -3.28. The Morgan fingerprint density at radius 1 is 1.11 bits per heavy atom. The van der Waals surface area contributed by atoms with Crippen molar-refractivity contribution in [3.63, 3.8) is 0 Å². The molecule has 2 bridgehead atoms. The molecule has 46 heavy (non-hydrogen) atoms. The summed E-state index contributed by atoms with van der Waals surface area (Å²) in [5.74, 6) is -0.219. The second kappa shape index (κ2) is 13.8. The molecule has 1 aliphatic carbocycles. The van der Waals surface area contributed by atoms with E-state index in [4.69, 9.17) is 21.1 Å². The predicted octanol–water partition coefficient (Wildman–Crippen LogP) is 5.45. The van der Waals surface area contributed by atoms with Crippen molar-refractivity contribution in [2.24, 2.45) is 11.8 Å². The highest BCUT2D eigenvalue weighted by Gasteiger charge is 2.38. The van der Waals surface area contributed by atoms with Crippen LogP contribution in [0.2, 0.25) is 5.02 Å². The number of nitrogens with one attached hydrogen (secondary N) is 1. The van der Waals surface area contributed by atoms with E-state index in [0.29, 0.717) is 29.5 Å². The van der Waals surface area contributed by atoms with E-state index in [-0.39, 0.29) is 29.9 Å². The Morgan fingerprint density at radius 2 is 1.89 bits per heavy atom. The molecule has 0 spiro atoms. The van der Waals surface area contributed by atoms with Gasteiger partial charge in [0.05, 0.1) is 16.7 Å². The molecule has 250 valence electrons. The zero-order valence-corrected chi connectivity index (χ0v) is 28.4. The van der Waals surface area contributed by atoms with Gasteiger partial charge in [-0.25, -0.2) is 17.9 Å². The molecule has 2 aromatic rings. The number of aliphatic hydroxyl groups excluding tert-OH is 1. The summed E-state index contributed by atoms with van der Waals surface area (Å²) in [6.45, 7) is 8.06. The van der Waals surface area contributed by atoms with Crippen molar-refractivity contribution in [1.29, 1.82) is 0 Å². The number of benzene rings is 2. The van der Waals surface area contributed by atoms with Gasteiger partial charge in [0.15, 0.2) is 0 Å². The Kier molecular flexibility index (Phi) is 10.2. The van der Waals surface area contributed by atoms with E-state index in [0.717, 1.165) is 48.1 Å². The highest BCUT2D eigenvalue weighted by molar-refractivity contribution is 7.90. The Labute approximate surface area is 276 Å². The Morgan fingerprint density at radius 3 is 2.61 bits per heavy atom. The summed E-state index contributed by atoms with van der Waals surface area (Å²) in [4.78, 5) is 29.7. The fraction of sp³-hybridized carbons (Fsp3) is 0.529. The molecule has 1 fully saturated rings. The highest BCUT2D eigenvalue weighted by atomic mass is 35.5. The van der Waals surface area contributed by atoms with Crippen LogP contribution in [0.1, 0.15) is 64.5 Å². The first-order valence-electron chi connectivity index (χ1n) is 15.9. The lowest BCUT2D eigenvalue weighted by Gasteiger charge is -2.42. The van der Waals surface area contributed by atoms with Gasteiger partial charge in [-0.2, -0.15) is 0 Å². The van der Waals surface area contributed by atoms with Crippen LogP contribution in [0.4, 0.5) is 10.5 Å². The van der Waals surface area contributed by atoms with E-state index in [2.05, 4.69) is 9.62 Å². The second-order valence-electron chi connectivity index (χ2n) is 13.4. The molecule has 5 rings (SSSR count). The van der Waals surface area contributed by atoms with Crippen LogP contribution in [0.25, 0.3) is 0 Å². The van der Waals surface area contributed by atoms with Crippen molar-refractivity contribution in [3.05, 3.63) is 64.7 Å². The molecule has 2 aromatic carbocycles. The molecule has 10 nitrogen and oxygen atoms in total. The molecule has 0 unspecified atom stereocenters. The molecule has 3 aliphatic rings. The minimum atomic E-state index is -4.33. The van der Waals surface area contributed by atoms with Crippen molar-refractivity contribution >= 4 is 39.3 Å². The minimum absolute atomic E-state index is 0.0132. The summed E-state index contributed by atoms with van der Waals surface area (Å²) < 4.78 is 41.4. The predicted molar refractivity (Wildman–Crippen MR) is 176 cm³/mol. The second-order valence-corrected chi connectivity index (χ2v) is 15.6. The number of aryl methyl sites for hydroxylation is 1. The van der Waals surface area contributed by atoms with Crippen molar-refractivity contribution in [2.45, 2.75) is 89.0 Å². The standard InChI is InChI=1S/C34H44ClN3O7S/c1-22-32(40)36-46(42,43)27-13-15-31-29(19-27)37(16-6-5-8-23-18-26(35)12-10-25(23)21-44-31)20-24-11-14-28(24)30(39)9-7-17-38(22)33(41)45-34(2,3)4/h7,9-10,12-13,15,18-19,22,24,28,30,39H,5-6,8,11,14,16-17,20-21H2,1-4H3,(H,36,40)/b9-7+/t22-,24-,28+,30-/m0/s1. The number of sulfonamides is 1. The van der Waals surface area contributed by atoms with Crippen LogP contribution in [0.15, 0.2) is 53.4 Å². The van der Waals surface area contributed by atoms with Gasteiger partial charge in [0.2, 0.25) is 0 Å². The number of carbonyl (C=O) groups excluding carboxylic acids is 2. The molecule has 2 amide bonds. The molecule has 4 atom stereocenters. The zero-order valence-electron chi connectivity index (χ0n) is 26.9. The summed E-state index contributed by atoms with van der Waals surface area (Å²) in [6, 6.07) is 9.19. The van der Waals surface area contributed by atoms with E-state index >= 15 is 0 Å². The van der Waals surface area contributed by atoms with Gasteiger partial charge in [-0.15, -0.1) is 0 Å². The molecule has 1 saturated carbocycles. The van der Waals surface area contributed by atoms with Gasteiger partial charge < -0.3 is 19.5 Å². The maximum absolute atomic E-state index is 13.7. The number of fused-ring (bicyclic) bond motifs is 3. The van der Waals surface area contributed by atoms with Crippen molar-refractivity contribution in [1.82, 2.24) is 9.62 Å². The molecule has 0 aromatic heterocycles. The number of carbonyl (C=O) groups is 2. The number of nitrogens with zero attached hydrogens (tertiary/aromatic N) is 2. The minimum Gasteiger partial charge on any atom is -0.487 e. The van der Waals surface area contributed by atoms with Crippen molar-refractivity contribution in [3.8, 4) is 5.75 Å². The normalized spacial score (nSPS) is 26.2. The number of hydrogen-bond donors (Lipinski definition) is 2. The summed E-state index contributed by atoms with van der Waals surface area (Å²) in [5, 5.41) is 11.9. The van der Waals surface area contributed by atoms with Gasteiger partial charge in [0.25, 0.3) is 15.9 Å². The smallest absolute Gasteiger partial charge is 0.411 e. The fourth-order valence-electron chi connectivity index (χ4n) is 6.23. The lowest BCUT2D eigenvalue weighted by molar-refractivity contribution is -0.123. The zero-order chi connectivity index (χ0) is 33.2. The van der Waals surface area contributed by atoms with E-state index in [9.17, 15) is 23.1 Å². The fourth-order valence-corrected chi connectivity index (χ4v) is 7.49. The third-order valence-electron chi connectivity index (χ3n) is 8.97. The number of ether oxygens (including phenoxy) is 2. The van der Waals surface area contributed by atoms with E-state index in [1.807, 2.05) is 18.2 Å². The van der Waals surface area contributed by atoms with Gasteiger partial charge in [-0.05, 0) is 113 Å². The summed E-state index contributed by atoms with van der Waals surface area (Å²) in [5.41, 5.74) is 1.91. The number of hydrogen-bond acceptors (Lipinski definition) is 8. The highest BCUT2D eigenvalue weighted by Crippen LogP contribution is 2.41. The van der Waals surface area contributed by atoms with Crippen LogP contribution in [-0.4, -0.2) is 67.8 Å². The molecular formula is C34H44ClN3O7S. The van der Waals surface area contributed by atoms with Crippen LogP contribution < -0.4 is 14.4 Å². The SMILES string of the molecule is C[C@H]1C(=O)NS(=O)(=O)c2ccc3c(c2)N(CCCCc2cc(Cl)ccc2CO3)C[C@@H]2CC[C@H]2[C@@H](O)/C=C/CN1C(=O)OC(C)(C)C. The van der Waals surface area contributed by atoms with Gasteiger partial charge in [0.1, 0.15) is 24.0 Å². The number of amides is 2. The average Bonchev–Trinajstić information content (AvgIpc) is 2.98. The first-order chi connectivity index (χ1) is 21.7. The number of anilines is 1. The van der Waals surface area contributed by atoms with Crippen LogP contribution >= 0.6 is 11.6 Å². The number of aliphatic hydroxyl groups is 1. The van der Waals surface area contributed by atoms with Gasteiger partial charge in [-0.3, -0.25) is 9.69 Å². The van der Waals surface area contributed by atoms with Gasteiger partial charge in [0, 0.05) is 24.7 Å². The maximum Gasteiger partial charge on any atom is 0.411 e. The monoisotopic (exact) mass is 673 g/mol. The van der Waals surface area contributed by atoms with Gasteiger partial charge in [-0.1, -0.05) is 29.8 Å². The summed E-state index contributed by atoms with van der Waals surface area (Å²) in [6.07, 6.45) is 6.12. The average molecular weight is 674 g/mol. The van der Waals surface area contributed by atoms with Crippen LogP contribution in [-0.2, 0) is 32.6 Å². The number of rotatable bonds is 0. The maximum atomic E-state index is 13.7. The largest absolute Gasteiger partial charge is 0.487 e. The van der Waals surface area contributed by atoms with Crippen LogP contribution in [0.5, 0.6) is 5.75 Å². The molecule has 2 heterocycles. The van der Waals surface area contributed by atoms with Crippen LogP contribution in [0, 0.1) is 11.8 Å². The Bertz CT molecular complexity index is 1590. The summed E-state index contributed by atoms with van der Waals surface area (Å²) >= 11 is 6.30. The van der Waals surface area contributed by atoms with E-state index in [1.54, 1.807) is 45.1 Å². The molecule has 2 N–H and O–H groups in total. The van der Waals surface area contributed by atoms with Crippen LogP contribution in [0.3, 0.4) is 0 Å². The van der Waals surface area contributed by atoms with Gasteiger partial charge >= 0.3 is 6.09 Å². The van der Waals surface area contributed by atoms with E-state index in [1.165, 1.54) is 13.0 Å². The number of halogens is 1. The molecule has 2 aliphatic heterocycles. The topological polar surface area (TPSA) is 125 Å². The molecular weight excluding hydrogens is 630 g/mol. The third-order valence-corrected chi connectivity index (χ3v) is 10.6. The third kappa shape index (κ3) is 7.98. The van der Waals surface area contributed by atoms with Crippen molar-refractivity contribution < 1.29 is 32.6 Å².